The monoisotopic (exact) mass is 393 g/mol. The van der Waals surface area contributed by atoms with Crippen molar-refractivity contribution in [2.75, 3.05) is 13.7 Å². The first kappa shape index (κ1) is 18.5. The molecule has 2 aliphatic rings. The number of urea groups is 1. The number of ether oxygens (including phenoxy) is 1. The number of imide groups is 1. The van der Waals surface area contributed by atoms with E-state index in [0.717, 1.165) is 5.56 Å². The van der Waals surface area contributed by atoms with Gasteiger partial charge in [0.15, 0.2) is 5.54 Å². The third kappa shape index (κ3) is 2.98. The molecule has 0 aromatic heterocycles. The van der Waals surface area contributed by atoms with Crippen molar-refractivity contribution in [3.63, 3.8) is 0 Å². The van der Waals surface area contributed by atoms with Gasteiger partial charge in [-0.1, -0.05) is 36.9 Å². The van der Waals surface area contributed by atoms with Gasteiger partial charge in [0, 0.05) is 17.7 Å². The van der Waals surface area contributed by atoms with E-state index in [2.05, 4.69) is 17.2 Å². The number of aliphatic hydroxyl groups excluding tert-OH is 1. The van der Waals surface area contributed by atoms with E-state index in [1.54, 1.807) is 36.4 Å². The molecule has 0 bridgehead atoms. The summed E-state index contributed by atoms with van der Waals surface area (Å²) in [7, 11) is 1.52. The molecule has 29 heavy (non-hydrogen) atoms. The highest BCUT2D eigenvalue weighted by Gasteiger charge is 2.50. The molecule has 2 aliphatic heterocycles. The minimum Gasteiger partial charge on any atom is -0.508 e. The Morgan fingerprint density at radius 2 is 1.93 bits per heavy atom. The summed E-state index contributed by atoms with van der Waals surface area (Å²) in [6.45, 7) is 3.74. The second-order valence-corrected chi connectivity index (χ2v) is 7.02. The highest BCUT2D eigenvalue weighted by molar-refractivity contribution is 6.08. The average Bonchev–Trinajstić information content (AvgIpc) is 3.17. The van der Waals surface area contributed by atoms with E-state index in [1.165, 1.54) is 12.0 Å². The molecule has 1 unspecified atom stereocenters. The molecular weight excluding hydrogens is 374 g/mol. The van der Waals surface area contributed by atoms with Crippen LogP contribution in [0.2, 0.25) is 0 Å². The fourth-order valence-electron chi connectivity index (χ4n) is 3.73. The summed E-state index contributed by atoms with van der Waals surface area (Å²) < 4.78 is 5.19. The van der Waals surface area contributed by atoms with E-state index in [4.69, 9.17) is 4.74 Å². The van der Waals surface area contributed by atoms with Crippen LogP contribution in [0.25, 0.3) is 5.76 Å². The Kier molecular flexibility index (Phi) is 4.26. The quantitative estimate of drug-likeness (QED) is 0.531. The van der Waals surface area contributed by atoms with Crippen LogP contribution in [-0.2, 0) is 16.9 Å². The molecule has 8 heteroatoms. The minimum atomic E-state index is -1.44. The van der Waals surface area contributed by atoms with Gasteiger partial charge in [0.25, 0.3) is 11.8 Å². The van der Waals surface area contributed by atoms with Crippen molar-refractivity contribution in [1.82, 2.24) is 15.5 Å². The summed E-state index contributed by atoms with van der Waals surface area (Å²) in [5, 5.41) is 14.5. The number of methoxy groups -OCH3 is 1. The number of nitrogens with one attached hydrogen (secondary N) is 2. The van der Waals surface area contributed by atoms with Gasteiger partial charge in [-0.15, -0.1) is 0 Å². The summed E-state index contributed by atoms with van der Waals surface area (Å²) in [5.41, 5.74) is 0.880. The van der Waals surface area contributed by atoms with Crippen molar-refractivity contribution in [2.45, 2.75) is 12.1 Å². The van der Waals surface area contributed by atoms with Crippen molar-refractivity contribution >= 4 is 23.6 Å². The third-order valence-corrected chi connectivity index (χ3v) is 5.28. The molecule has 0 saturated carbocycles. The fourth-order valence-corrected chi connectivity index (χ4v) is 3.73. The van der Waals surface area contributed by atoms with Gasteiger partial charge < -0.3 is 20.1 Å². The minimum absolute atomic E-state index is 0.0418. The molecule has 148 valence electrons. The molecule has 0 spiro atoms. The molecule has 1 fully saturated rings. The maximum absolute atomic E-state index is 12.9. The number of hydrogen-bond donors (Lipinski definition) is 3. The Balaban J connectivity index is 1.69. The van der Waals surface area contributed by atoms with Gasteiger partial charge in [-0.2, -0.15) is 0 Å². The van der Waals surface area contributed by atoms with Crippen molar-refractivity contribution in [3.05, 3.63) is 71.3 Å². The zero-order valence-electron chi connectivity index (χ0n) is 15.7. The predicted molar refractivity (Wildman–Crippen MR) is 104 cm³/mol. The van der Waals surface area contributed by atoms with Crippen molar-refractivity contribution in [3.8, 4) is 5.75 Å². The Morgan fingerprint density at radius 1 is 1.21 bits per heavy atom. The number of amides is 4. The molecule has 0 aliphatic carbocycles. The molecule has 0 radical (unpaired) electrons. The second kappa shape index (κ2) is 6.66. The number of hydrogen-bond acceptors (Lipinski definition) is 5. The van der Waals surface area contributed by atoms with Gasteiger partial charge in [0.05, 0.1) is 13.7 Å². The first-order valence-electron chi connectivity index (χ1n) is 8.92. The van der Waals surface area contributed by atoms with Gasteiger partial charge in [-0.05, 0) is 23.3 Å². The zero-order valence-corrected chi connectivity index (χ0v) is 15.7. The van der Waals surface area contributed by atoms with Gasteiger partial charge in [0.1, 0.15) is 11.5 Å². The summed E-state index contributed by atoms with van der Waals surface area (Å²) in [6.07, 6.45) is 0. The maximum Gasteiger partial charge on any atom is 0.322 e. The first-order chi connectivity index (χ1) is 13.8. The molecule has 4 rings (SSSR count). The molecular formula is C21H19N3O5. The number of rotatable bonds is 5. The van der Waals surface area contributed by atoms with Crippen LogP contribution in [-0.4, -0.2) is 41.5 Å². The summed E-state index contributed by atoms with van der Waals surface area (Å²) in [6, 6.07) is 11.1. The number of carbonyl (C=O) groups is 3. The summed E-state index contributed by atoms with van der Waals surface area (Å²) in [4.78, 5) is 39.2. The molecule has 1 atom stereocenters. The highest BCUT2D eigenvalue weighted by Crippen LogP contribution is 2.32. The standard InChI is InChI=1S/C21H19N3O5/c1-12(25)13-3-6-15(7-4-13)21(19(27)22-20(28)23-21)11-24-10-14-5-8-16(29-2)9-17(14)18(24)26/h3-9,25H,1,10-11H2,2H3,(H2,22,23,27,28). The van der Waals surface area contributed by atoms with Crippen LogP contribution >= 0.6 is 0 Å². The van der Waals surface area contributed by atoms with Gasteiger partial charge in [-0.25, -0.2) is 4.79 Å². The Morgan fingerprint density at radius 3 is 2.52 bits per heavy atom. The van der Waals surface area contributed by atoms with Crippen molar-refractivity contribution in [1.29, 1.82) is 0 Å². The van der Waals surface area contributed by atoms with E-state index >= 15 is 0 Å². The van der Waals surface area contributed by atoms with Gasteiger partial charge in [0.2, 0.25) is 0 Å². The summed E-state index contributed by atoms with van der Waals surface area (Å²) >= 11 is 0. The van der Waals surface area contributed by atoms with Crippen LogP contribution in [0.1, 0.15) is 27.0 Å². The summed E-state index contributed by atoms with van der Waals surface area (Å²) in [5.74, 6) is -0.322. The number of fused-ring (bicyclic) bond motifs is 1. The number of benzene rings is 2. The average molecular weight is 393 g/mol. The van der Waals surface area contributed by atoms with E-state index in [0.29, 0.717) is 29.0 Å². The molecule has 2 heterocycles. The van der Waals surface area contributed by atoms with Crippen molar-refractivity contribution < 1.29 is 24.2 Å². The first-order valence-corrected chi connectivity index (χ1v) is 8.92. The highest BCUT2D eigenvalue weighted by atomic mass is 16.5. The van der Waals surface area contributed by atoms with Gasteiger partial charge >= 0.3 is 6.03 Å². The molecule has 8 nitrogen and oxygen atoms in total. The van der Waals surface area contributed by atoms with Crippen LogP contribution in [0, 0.1) is 0 Å². The predicted octanol–water partition coefficient (Wildman–Crippen LogP) is 1.91. The topological polar surface area (TPSA) is 108 Å². The number of aliphatic hydroxyl groups is 1. The van der Waals surface area contributed by atoms with Crippen LogP contribution in [0.4, 0.5) is 4.79 Å². The smallest absolute Gasteiger partial charge is 0.322 e. The van der Waals surface area contributed by atoms with E-state index < -0.39 is 17.5 Å². The Hall–Kier alpha value is -3.81. The van der Waals surface area contributed by atoms with Crippen LogP contribution in [0.15, 0.2) is 49.0 Å². The molecule has 2 aromatic rings. The number of nitrogens with zero attached hydrogens (tertiary/aromatic N) is 1. The Labute approximate surface area is 166 Å². The van der Waals surface area contributed by atoms with Crippen LogP contribution < -0.4 is 15.4 Å². The molecule has 2 aromatic carbocycles. The lowest BCUT2D eigenvalue weighted by molar-refractivity contribution is -0.124. The molecule has 4 amide bonds. The van der Waals surface area contributed by atoms with Crippen LogP contribution in [0.3, 0.4) is 0 Å². The number of carbonyl (C=O) groups excluding carboxylic acids is 3. The Bertz CT molecular complexity index is 1050. The zero-order chi connectivity index (χ0) is 20.8. The fraction of sp³-hybridized carbons (Fsp3) is 0.190. The lowest BCUT2D eigenvalue weighted by Gasteiger charge is -2.31. The van der Waals surface area contributed by atoms with E-state index in [1.807, 2.05) is 6.07 Å². The third-order valence-electron chi connectivity index (χ3n) is 5.28. The molecule has 1 saturated heterocycles. The van der Waals surface area contributed by atoms with Crippen LogP contribution in [0.5, 0.6) is 5.75 Å². The van der Waals surface area contributed by atoms with E-state index in [9.17, 15) is 19.5 Å². The lowest BCUT2D eigenvalue weighted by Crippen LogP contribution is -2.52. The SMILES string of the molecule is C=C(O)c1ccc(C2(CN3Cc4ccc(OC)cc4C3=O)NC(=O)NC2=O)cc1. The van der Waals surface area contributed by atoms with E-state index in [-0.39, 0.29) is 18.2 Å². The van der Waals surface area contributed by atoms with Gasteiger partial charge in [-0.3, -0.25) is 14.9 Å². The largest absolute Gasteiger partial charge is 0.508 e. The lowest BCUT2D eigenvalue weighted by atomic mass is 9.88. The second-order valence-electron chi connectivity index (χ2n) is 7.02. The maximum atomic E-state index is 12.9. The normalized spacial score (nSPS) is 20.3. The molecule has 3 N–H and O–H groups in total. The van der Waals surface area contributed by atoms with Crippen molar-refractivity contribution in [2.24, 2.45) is 0 Å².